The van der Waals surface area contributed by atoms with Crippen LogP contribution in [0.25, 0.3) is 0 Å². The first-order valence-corrected chi connectivity index (χ1v) is 2.35. The third kappa shape index (κ3) is 1.43. The summed E-state index contributed by atoms with van der Waals surface area (Å²) < 4.78 is 35.0. The van der Waals surface area contributed by atoms with E-state index in [9.17, 15) is 13.2 Å². The van der Waals surface area contributed by atoms with Crippen LogP contribution < -0.4 is 0 Å². The molecule has 1 rings (SSSR count). The Morgan fingerprint density at radius 3 is 2.40 bits per heavy atom. The highest BCUT2D eigenvalue weighted by molar-refractivity contribution is 4.99. The first-order valence-electron chi connectivity index (χ1n) is 2.35. The first kappa shape index (κ1) is 6.98. The van der Waals surface area contributed by atoms with Crippen LogP contribution in [0.2, 0.25) is 0 Å². The molecule has 0 aliphatic rings. The van der Waals surface area contributed by atoms with Gasteiger partial charge in [-0.05, 0) is 0 Å². The van der Waals surface area contributed by atoms with Gasteiger partial charge in [0.15, 0.2) is 5.69 Å². The summed E-state index contributed by atoms with van der Waals surface area (Å²) in [6.45, 7) is 0. The average Bonchev–Trinajstić information content (AvgIpc) is 1.88. The van der Waals surface area contributed by atoms with E-state index in [1.165, 1.54) is 0 Å². The minimum atomic E-state index is -4.41. The first-order chi connectivity index (χ1) is 4.61. The molecular formula is C5H2F3N2. The largest absolute Gasteiger partial charge is 0.434 e. The highest BCUT2D eigenvalue weighted by Gasteiger charge is 2.32. The molecular weight excluding hydrogens is 145 g/mol. The third-order valence-electron chi connectivity index (χ3n) is 0.798. The molecule has 0 unspecified atom stereocenters. The summed E-state index contributed by atoms with van der Waals surface area (Å²) in [7, 11) is 0. The number of alkyl halides is 3. The fraction of sp³-hybridized carbons (Fsp3) is 0.200. The zero-order chi connectivity index (χ0) is 7.61. The van der Waals surface area contributed by atoms with Gasteiger partial charge in [0, 0.05) is 12.3 Å². The van der Waals surface area contributed by atoms with E-state index in [1.54, 1.807) is 0 Å². The topological polar surface area (TPSA) is 25.8 Å². The molecule has 5 heteroatoms. The van der Waals surface area contributed by atoms with Gasteiger partial charge >= 0.3 is 6.18 Å². The molecule has 53 valence electrons. The van der Waals surface area contributed by atoms with Gasteiger partial charge in [-0.25, -0.2) is 9.97 Å². The van der Waals surface area contributed by atoms with Crippen molar-refractivity contribution in [3.8, 4) is 0 Å². The predicted molar refractivity (Wildman–Crippen MR) is 25.9 cm³/mol. The molecule has 1 heterocycles. The molecule has 0 spiro atoms. The monoisotopic (exact) mass is 147 g/mol. The fourth-order valence-corrected chi connectivity index (χ4v) is 0.415. The lowest BCUT2D eigenvalue weighted by Gasteiger charge is -2.01. The van der Waals surface area contributed by atoms with Crippen LogP contribution in [0, 0.1) is 6.07 Å². The Hall–Kier alpha value is -1.13. The van der Waals surface area contributed by atoms with Crippen LogP contribution in [-0.4, -0.2) is 9.97 Å². The number of aromatic nitrogens is 2. The molecule has 10 heavy (non-hydrogen) atoms. The van der Waals surface area contributed by atoms with E-state index in [4.69, 9.17) is 0 Å². The molecule has 1 radical (unpaired) electrons. The molecule has 0 amide bonds. The van der Waals surface area contributed by atoms with Crippen LogP contribution in [-0.2, 0) is 6.18 Å². The molecule has 0 saturated heterocycles. The van der Waals surface area contributed by atoms with Crippen LogP contribution in [0.3, 0.4) is 0 Å². The Balaban J connectivity index is 2.97. The van der Waals surface area contributed by atoms with Crippen molar-refractivity contribution in [3.05, 3.63) is 24.3 Å². The SMILES string of the molecule is FC(F)(F)c1[c]cncn1. The zero-order valence-corrected chi connectivity index (χ0v) is 4.68. The van der Waals surface area contributed by atoms with Crippen LogP contribution >= 0.6 is 0 Å². The lowest BCUT2D eigenvalue weighted by Crippen LogP contribution is -2.07. The number of hydrogen-bond donors (Lipinski definition) is 0. The standard InChI is InChI=1S/C5H2F3N2/c6-5(7,8)4-1-2-9-3-10-4/h2-3H. The highest BCUT2D eigenvalue weighted by atomic mass is 19.4. The molecule has 0 fully saturated rings. The van der Waals surface area contributed by atoms with E-state index in [0.717, 1.165) is 12.5 Å². The van der Waals surface area contributed by atoms with Gasteiger partial charge in [0.2, 0.25) is 0 Å². The van der Waals surface area contributed by atoms with Gasteiger partial charge in [0.1, 0.15) is 6.33 Å². The van der Waals surface area contributed by atoms with Crippen LogP contribution in [0.5, 0.6) is 0 Å². The quantitative estimate of drug-likeness (QED) is 0.552. The third-order valence-corrected chi connectivity index (χ3v) is 0.798. The second-order valence-electron chi connectivity index (χ2n) is 1.51. The van der Waals surface area contributed by atoms with E-state index in [1.807, 2.05) is 6.07 Å². The van der Waals surface area contributed by atoms with Gasteiger partial charge in [-0.1, -0.05) is 0 Å². The van der Waals surface area contributed by atoms with E-state index in [2.05, 4.69) is 9.97 Å². The van der Waals surface area contributed by atoms with Gasteiger partial charge in [0.25, 0.3) is 0 Å². The van der Waals surface area contributed by atoms with E-state index in [-0.39, 0.29) is 0 Å². The summed E-state index contributed by atoms with van der Waals surface area (Å²) in [5.41, 5.74) is -1.04. The van der Waals surface area contributed by atoms with Crippen molar-refractivity contribution in [2.24, 2.45) is 0 Å². The van der Waals surface area contributed by atoms with Gasteiger partial charge in [-0.2, -0.15) is 13.2 Å². The Bertz CT molecular complexity index is 206. The van der Waals surface area contributed by atoms with Gasteiger partial charge in [0.05, 0.1) is 0 Å². The number of nitrogens with zero attached hydrogens (tertiary/aromatic N) is 2. The molecule has 2 nitrogen and oxygen atoms in total. The maximum atomic E-state index is 11.7. The second kappa shape index (κ2) is 2.24. The summed E-state index contributed by atoms with van der Waals surface area (Å²) in [6.07, 6.45) is -2.65. The van der Waals surface area contributed by atoms with Gasteiger partial charge in [-0.15, -0.1) is 0 Å². The minimum absolute atomic E-state index is 0.833. The van der Waals surface area contributed by atoms with Gasteiger partial charge < -0.3 is 0 Å². The van der Waals surface area contributed by atoms with E-state index in [0.29, 0.717) is 0 Å². The van der Waals surface area contributed by atoms with Crippen molar-refractivity contribution in [1.29, 1.82) is 0 Å². The lowest BCUT2D eigenvalue weighted by molar-refractivity contribution is -0.141. The zero-order valence-electron chi connectivity index (χ0n) is 4.68. The van der Waals surface area contributed by atoms with Crippen LogP contribution in [0.4, 0.5) is 13.2 Å². The maximum Gasteiger partial charge on any atom is 0.434 e. The Morgan fingerprint density at radius 1 is 1.40 bits per heavy atom. The smallest absolute Gasteiger partial charge is 0.244 e. The van der Waals surface area contributed by atoms with Crippen molar-refractivity contribution >= 4 is 0 Å². The maximum absolute atomic E-state index is 11.7. The molecule has 0 saturated carbocycles. The predicted octanol–water partition coefficient (Wildman–Crippen LogP) is 1.30. The van der Waals surface area contributed by atoms with Gasteiger partial charge in [-0.3, -0.25) is 0 Å². The Labute approximate surface area is 54.7 Å². The highest BCUT2D eigenvalue weighted by Crippen LogP contribution is 2.25. The number of halogens is 3. The van der Waals surface area contributed by atoms with Crippen LogP contribution in [0.1, 0.15) is 5.69 Å². The van der Waals surface area contributed by atoms with Crippen molar-refractivity contribution in [2.75, 3.05) is 0 Å². The van der Waals surface area contributed by atoms with Crippen molar-refractivity contribution < 1.29 is 13.2 Å². The summed E-state index contributed by atoms with van der Waals surface area (Å²) in [5, 5.41) is 0. The van der Waals surface area contributed by atoms with Crippen LogP contribution in [0.15, 0.2) is 12.5 Å². The number of rotatable bonds is 0. The second-order valence-corrected chi connectivity index (χ2v) is 1.51. The summed E-state index contributed by atoms with van der Waals surface area (Å²) in [4.78, 5) is 6.25. The molecule has 1 aromatic heterocycles. The average molecular weight is 147 g/mol. The van der Waals surface area contributed by atoms with Crippen molar-refractivity contribution in [2.45, 2.75) is 6.18 Å². The molecule has 0 atom stereocenters. The fourth-order valence-electron chi connectivity index (χ4n) is 0.415. The minimum Gasteiger partial charge on any atom is -0.244 e. The van der Waals surface area contributed by atoms with E-state index >= 15 is 0 Å². The Kier molecular flexibility index (Phi) is 1.57. The molecule has 0 N–H and O–H groups in total. The van der Waals surface area contributed by atoms with E-state index < -0.39 is 11.9 Å². The summed E-state index contributed by atoms with van der Waals surface area (Å²) in [6, 6.07) is 1.86. The Morgan fingerprint density at radius 2 is 2.10 bits per heavy atom. The lowest BCUT2D eigenvalue weighted by atomic mass is 10.4. The molecule has 0 aliphatic carbocycles. The normalized spacial score (nSPS) is 11.5. The summed E-state index contributed by atoms with van der Waals surface area (Å²) in [5.74, 6) is 0. The molecule has 0 aromatic carbocycles. The van der Waals surface area contributed by atoms with Crippen molar-refractivity contribution in [1.82, 2.24) is 9.97 Å². The molecule has 0 bridgehead atoms. The summed E-state index contributed by atoms with van der Waals surface area (Å²) >= 11 is 0. The molecule has 0 aliphatic heterocycles. The van der Waals surface area contributed by atoms with Crippen molar-refractivity contribution in [3.63, 3.8) is 0 Å². The molecule has 1 aromatic rings. The number of hydrogen-bond acceptors (Lipinski definition) is 2.